The van der Waals surface area contributed by atoms with Gasteiger partial charge in [-0.1, -0.05) is 11.8 Å². The number of carbonyl (C=O) groups is 1. The van der Waals surface area contributed by atoms with Crippen LogP contribution in [0.3, 0.4) is 0 Å². The summed E-state index contributed by atoms with van der Waals surface area (Å²) in [6.07, 6.45) is 0. The van der Waals surface area contributed by atoms with Crippen LogP contribution in [0.25, 0.3) is 0 Å². The van der Waals surface area contributed by atoms with E-state index in [2.05, 4.69) is 9.36 Å². The number of hydrogen-bond acceptors (Lipinski definition) is 6. The zero-order valence-corrected chi connectivity index (χ0v) is 11.7. The predicted molar refractivity (Wildman–Crippen MR) is 65.8 cm³/mol. The maximum atomic E-state index is 11.7. The molecular weight excluding hydrogens is 244 g/mol. The van der Waals surface area contributed by atoms with E-state index in [4.69, 9.17) is 4.74 Å². The van der Waals surface area contributed by atoms with Crippen LogP contribution in [0.5, 0.6) is 0 Å². The van der Waals surface area contributed by atoms with E-state index >= 15 is 0 Å². The minimum absolute atomic E-state index is 0.217. The second-order valence-corrected chi connectivity index (χ2v) is 6.74. The van der Waals surface area contributed by atoms with Gasteiger partial charge in [0.15, 0.2) is 4.34 Å². The van der Waals surface area contributed by atoms with E-state index < -0.39 is 5.60 Å². The summed E-state index contributed by atoms with van der Waals surface area (Å²) in [7, 11) is 0. The molecule has 0 fully saturated rings. The molecule has 0 aliphatic heterocycles. The molecule has 6 heteroatoms. The van der Waals surface area contributed by atoms with Crippen molar-refractivity contribution in [3.63, 3.8) is 0 Å². The molecule has 0 saturated heterocycles. The lowest BCUT2D eigenvalue weighted by molar-refractivity contribution is -0.153. The molecule has 1 heterocycles. The number of esters is 1. The lowest BCUT2D eigenvalue weighted by Crippen LogP contribution is -2.28. The highest BCUT2D eigenvalue weighted by molar-refractivity contribution is 8.02. The number of nitrogens with zero attached hydrogens (tertiary/aromatic N) is 2. The third-order valence-corrected chi connectivity index (χ3v) is 3.48. The van der Waals surface area contributed by atoms with Crippen molar-refractivity contribution in [2.75, 3.05) is 0 Å². The first-order valence-corrected chi connectivity index (χ1v) is 6.63. The molecule has 1 rings (SSSR count). The van der Waals surface area contributed by atoms with Gasteiger partial charge < -0.3 is 4.74 Å². The van der Waals surface area contributed by atoms with Crippen molar-refractivity contribution in [3.8, 4) is 0 Å². The molecular formula is C10H16N2O2S2. The molecule has 0 N–H and O–H groups in total. The third-order valence-electron chi connectivity index (χ3n) is 1.53. The molecule has 90 valence electrons. The molecule has 0 saturated carbocycles. The summed E-state index contributed by atoms with van der Waals surface area (Å²) in [5.74, 6) is 0.522. The van der Waals surface area contributed by atoms with Gasteiger partial charge in [0.2, 0.25) is 0 Å². The Morgan fingerprint density at radius 2 is 2.12 bits per heavy atom. The minimum atomic E-state index is -0.442. The van der Waals surface area contributed by atoms with Gasteiger partial charge in [0.1, 0.15) is 16.7 Å². The molecule has 0 radical (unpaired) electrons. The number of aromatic nitrogens is 2. The molecule has 0 bridgehead atoms. The van der Waals surface area contributed by atoms with Crippen molar-refractivity contribution < 1.29 is 9.53 Å². The molecule has 0 spiro atoms. The van der Waals surface area contributed by atoms with Crippen LogP contribution >= 0.6 is 23.3 Å². The zero-order valence-electron chi connectivity index (χ0n) is 10.1. The van der Waals surface area contributed by atoms with Crippen molar-refractivity contribution in [3.05, 3.63) is 5.82 Å². The number of rotatable bonds is 3. The molecule has 1 aromatic heterocycles. The summed E-state index contributed by atoms with van der Waals surface area (Å²) in [5.41, 5.74) is -0.442. The predicted octanol–water partition coefficient (Wildman–Crippen LogP) is 2.67. The largest absolute Gasteiger partial charge is 0.459 e. The first-order valence-electron chi connectivity index (χ1n) is 4.98. The van der Waals surface area contributed by atoms with E-state index in [0.717, 1.165) is 10.2 Å². The lowest BCUT2D eigenvalue weighted by atomic mass is 10.2. The maximum Gasteiger partial charge on any atom is 0.319 e. The van der Waals surface area contributed by atoms with Crippen LogP contribution in [-0.2, 0) is 9.53 Å². The van der Waals surface area contributed by atoms with Crippen LogP contribution in [0.4, 0.5) is 0 Å². The van der Waals surface area contributed by atoms with Gasteiger partial charge in [-0.3, -0.25) is 4.79 Å². The zero-order chi connectivity index (χ0) is 12.3. The smallest absolute Gasteiger partial charge is 0.319 e. The molecule has 0 aromatic carbocycles. The van der Waals surface area contributed by atoms with Gasteiger partial charge in [0.25, 0.3) is 0 Å². The molecule has 16 heavy (non-hydrogen) atoms. The van der Waals surface area contributed by atoms with Gasteiger partial charge in [-0.2, -0.15) is 4.37 Å². The van der Waals surface area contributed by atoms with E-state index in [1.54, 1.807) is 0 Å². The fraction of sp³-hybridized carbons (Fsp3) is 0.700. The number of aryl methyl sites for hydroxylation is 1. The van der Waals surface area contributed by atoms with Crippen molar-refractivity contribution in [2.45, 2.75) is 49.8 Å². The molecule has 0 aliphatic rings. The van der Waals surface area contributed by atoms with Crippen LogP contribution in [0.15, 0.2) is 4.34 Å². The Hall–Kier alpha value is -0.620. The summed E-state index contributed by atoms with van der Waals surface area (Å²) in [4.78, 5) is 15.9. The van der Waals surface area contributed by atoms with Crippen LogP contribution in [0.1, 0.15) is 33.5 Å². The molecule has 0 amide bonds. The van der Waals surface area contributed by atoms with E-state index in [0.29, 0.717) is 0 Å². The SMILES string of the molecule is Cc1nsc(SC(C)C(=O)OC(C)(C)C)n1. The number of carbonyl (C=O) groups excluding carboxylic acids is 1. The summed E-state index contributed by atoms with van der Waals surface area (Å²) >= 11 is 2.69. The summed E-state index contributed by atoms with van der Waals surface area (Å²) in [5, 5.41) is -0.258. The van der Waals surface area contributed by atoms with E-state index in [1.807, 2.05) is 34.6 Å². The van der Waals surface area contributed by atoms with Crippen molar-refractivity contribution in [1.82, 2.24) is 9.36 Å². The third kappa shape index (κ3) is 4.49. The molecule has 1 aromatic rings. The fourth-order valence-corrected chi connectivity index (χ4v) is 2.68. The van der Waals surface area contributed by atoms with Crippen molar-refractivity contribution >= 4 is 29.3 Å². The topological polar surface area (TPSA) is 52.1 Å². The van der Waals surface area contributed by atoms with Crippen LogP contribution in [-0.4, -0.2) is 26.2 Å². The fourth-order valence-electron chi connectivity index (χ4n) is 0.910. The summed E-state index contributed by atoms with van der Waals surface area (Å²) in [6, 6.07) is 0. The van der Waals surface area contributed by atoms with Crippen molar-refractivity contribution in [2.24, 2.45) is 0 Å². The Kier molecular flexibility index (Phi) is 4.32. The van der Waals surface area contributed by atoms with Crippen LogP contribution in [0, 0.1) is 6.92 Å². The quantitative estimate of drug-likeness (QED) is 0.618. The maximum absolute atomic E-state index is 11.7. The standard InChI is InChI=1S/C10H16N2O2S2/c1-6(8(13)14-10(3,4)5)15-9-11-7(2)12-16-9/h6H,1-5H3. The number of ether oxygens (including phenoxy) is 1. The van der Waals surface area contributed by atoms with Gasteiger partial charge >= 0.3 is 5.97 Å². The van der Waals surface area contributed by atoms with E-state index in [9.17, 15) is 4.79 Å². The second kappa shape index (κ2) is 5.14. The Balaban J connectivity index is 2.52. The summed E-state index contributed by atoms with van der Waals surface area (Å²) in [6.45, 7) is 9.22. The summed E-state index contributed by atoms with van der Waals surface area (Å²) < 4.78 is 10.1. The minimum Gasteiger partial charge on any atom is -0.459 e. The van der Waals surface area contributed by atoms with Crippen molar-refractivity contribution in [1.29, 1.82) is 0 Å². The van der Waals surface area contributed by atoms with Gasteiger partial charge in [0, 0.05) is 0 Å². The number of hydrogen-bond donors (Lipinski definition) is 0. The molecule has 0 aliphatic carbocycles. The van der Waals surface area contributed by atoms with E-state index in [-0.39, 0.29) is 11.2 Å². The second-order valence-electron chi connectivity index (χ2n) is 4.40. The number of thioether (sulfide) groups is 1. The molecule has 1 unspecified atom stereocenters. The Morgan fingerprint density at radius 3 is 2.56 bits per heavy atom. The first-order chi connectivity index (χ1) is 7.28. The monoisotopic (exact) mass is 260 g/mol. The first kappa shape index (κ1) is 13.4. The van der Waals surface area contributed by atoms with Gasteiger partial charge in [-0.25, -0.2) is 4.98 Å². The van der Waals surface area contributed by atoms with Crippen LogP contribution in [0.2, 0.25) is 0 Å². The molecule has 1 atom stereocenters. The van der Waals surface area contributed by atoms with Gasteiger partial charge in [0.05, 0.1) is 0 Å². The highest BCUT2D eigenvalue weighted by Gasteiger charge is 2.23. The highest BCUT2D eigenvalue weighted by Crippen LogP contribution is 2.26. The Morgan fingerprint density at radius 1 is 1.50 bits per heavy atom. The molecule has 4 nitrogen and oxygen atoms in total. The Bertz CT molecular complexity index is 371. The van der Waals surface area contributed by atoms with Crippen LogP contribution < -0.4 is 0 Å². The normalized spacial score (nSPS) is 13.6. The van der Waals surface area contributed by atoms with Gasteiger partial charge in [-0.05, 0) is 46.2 Å². The van der Waals surface area contributed by atoms with Gasteiger partial charge in [-0.15, -0.1) is 0 Å². The van der Waals surface area contributed by atoms with E-state index in [1.165, 1.54) is 23.3 Å². The Labute approximate surface area is 104 Å². The average molecular weight is 260 g/mol. The average Bonchev–Trinajstić information content (AvgIpc) is 2.48. The lowest BCUT2D eigenvalue weighted by Gasteiger charge is -2.21. The highest BCUT2D eigenvalue weighted by atomic mass is 32.2.